The van der Waals surface area contributed by atoms with E-state index in [0.717, 1.165) is 30.2 Å². The largest absolute Gasteiger partial charge is 0.373 e. The Morgan fingerprint density at radius 2 is 1.83 bits per heavy atom. The zero-order valence-electron chi connectivity index (χ0n) is 19.7. The minimum Gasteiger partial charge on any atom is -0.373 e. The number of rotatable bonds is 4. The zero-order chi connectivity index (χ0) is 24.1. The summed E-state index contributed by atoms with van der Waals surface area (Å²) >= 11 is 0. The van der Waals surface area contributed by atoms with Crippen LogP contribution < -0.4 is 0 Å². The van der Waals surface area contributed by atoms with Gasteiger partial charge in [0.2, 0.25) is 0 Å². The number of hydrogen-bond donors (Lipinski definition) is 0. The van der Waals surface area contributed by atoms with Crippen LogP contribution in [0.1, 0.15) is 72.9 Å². The second-order valence-electron chi connectivity index (χ2n) is 9.54. The summed E-state index contributed by atoms with van der Waals surface area (Å²) in [6, 6.07) is 4.00. The molecule has 6 rings (SSSR count). The monoisotopic (exact) mass is 476 g/mol. The highest BCUT2D eigenvalue weighted by molar-refractivity contribution is 5.87. The fourth-order valence-corrected chi connectivity index (χ4v) is 4.71. The standard InChI is InChI=1S/C26H26F2N6O/c1-14-15(2)31-26-24(30-14)23(20-8-5-18(27)11-21(20)28)32-25(33-26)16-4-3-9-35-22(10-16)17-12-29-34(13-17)19-6-7-19/h5,8,11-13,16,19,22H,3-4,6-7,9-10H2,1-2H3. The lowest BCUT2D eigenvalue weighted by Crippen LogP contribution is -2.11. The molecule has 0 spiro atoms. The average molecular weight is 477 g/mol. The first kappa shape index (κ1) is 22.2. The Morgan fingerprint density at radius 3 is 2.63 bits per heavy atom. The quantitative estimate of drug-likeness (QED) is 0.385. The molecule has 0 amide bonds. The van der Waals surface area contributed by atoms with Crippen molar-refractivity contribution in [1.82, 2.24) is 29.7 Å². The Hall–Kier alpha value is -3.33. The van der Waals surface area contributed by atoms with Crippen LogP contribution in [-0.2, 0) is 4.74 Å². The first-order valence-electron chi connectivity index (χ1n) is 12.1. The van der Waals surface area contributed by atoms with Crippen LogP contribution in [-0.4, -0.2) is 36.3 Å². The molecule has 1 saturated heterocycles. The van der Waals surface area contributed by atoms with E-state index in [1.165, 1.54) is 25.0 Å². The van der Waals surface area contributed by atoms with Gasteiger partial charge in [-0.1, -0.05) is 0 Å². The summed E-state index contributed by atoms with van der Waals surface area (Å²) in [5, 5.41) is 4.53. The number of ether oxygens (including phenoxy) is 1. The maximum absolute atomic E-state index is 14.9. The molecule has 1 aliphatic heterocycles. The Morgan fingerprint density at radius 1 is 1.00 bits per heavy atom. The predicted molar refractivity (Wildman–Crippen MR) is 126 cm³/mol. The van der Waals surface area contributed by atoms with Crippen molar-refractivity contribution in [3.05, 3.63) is 65.0 Å². The van der Waals surface area contributed by atoms with E-state index in [1.807, 2.05) is 24.7 Å². The van der Waals surface area contributed by atoms with Crippen LogP contribution in [0.5, 0.6) is 0 Å². The predicted octanol–water partition coefficient (Wildman–Crippen LogP) is 5.54. The summed E-state index contributed by atoms with van der Waals surface area (Å²) in [5.74, 6) is -0.760. The van der Waals surface area contributed by atoms with Crippen LogP contribution in [0.25, 0.3) is 22.4 Å². The maximum Gasteiger partial charge on any atom is 0.182 e. The SMILES string of the molecule is Cc1nc2nc(C3CCCOC(c4cnn(C5CC5)c4)C3)nc(-c3ccc(F)cc3F)c2nc1C. The molecule has 0 radical (unpaired) electrons. The van der Waals surface area contributed by atoms with Gasteiger partial charge in [0.15, 0.2) is 5.65 Å². The van der Waals surface area contributed by atoms with Gasteiger partial charge in [0.05, 0.1) is 29.7 Å². The van der Waals surface area contributed by atoms with Gasteiger partial charge >= 0.3 is 0 Å². The van der Waals surface area contributed by atoms with Crippen molar-refractivity contribution in [3.63, 3.8) is 0 Å². The second-order valence-corrected chi connectivity index (χ2v) is 9.54. The van der Waals surface area contributed by atoms with Crippen molar-refractivity contribution < 1.29 is 13.5 Å². The molecule has 180 valence electrons. The first-order valence-corrected chi connectivity index (χ1v) is 12.1. The third-order valence-corrected chi connectivity index (χ3v) is 6.94. The van der Waals surface area contributed by atoms with Gasteiger partial charge < -0.3 is 4.74 Å². The van der Waals surface area contributed by atoms with Crippen LogP contribution in [0.2, 0.25) is 0 Å². The summed E-state index contributed by atoms with van der Waals surface area (Å²) in [6.07, 6.45) is 8.58. The van der Waals surface area contributed by atoms with Gasteiger partial charge in [0, 0.05) is 35.9 Å². The van der Waals surface area contributed by atoms with E-state index < -0.39 is 11.6 Å². The van der Waals surface area contributed by atoms with Gasteiger partial charge in [-0.25, -0.2) is 28.7 Å². The highest BCUT2D eigenvalue weighted by Gasteiger charge is 2.30. The highest BCUT2D eigenvalue weighted by Crippen LogP contribution is 2.39. The molecule has 7 nitrogen and oxygen atoms in total. The topological polar surface area (TPSA) is 78.6 Å². The highest BCUT2D eigenvalue weighted by atomic mass is 19.1. The maximum atomic E-state index is 14.9. The summed E-state index contributed by atoms with van der Waals surface area (Å²) in [4.78, 5) is 18.9. The minimum atomic E-state index is -0.689. The Kier molecular flexibility index (Phi) is 5.51. The normalized spacial score (nSPS) is 20.8. The van der Waals surface area contributed by atoms with E-state index in [4.69, 9.17) is 14.7 Å². The molecule has 0 bridgehead atoms. The summed E-state index contributed by atoms with van der Waals surface area (Å²) in [5.41, 5.74) is 3.87. The van der Waals surface area contributed by atoms with E-state index >= 15 is 0 Å². The Balaban J connectivity index is 1.43. The lowest BCUT2D eigenvalue weighted by molar-refractivity contribution is 0.0564. The van der Waals surface area contributed by atoms with Crippen molar-refractivity contribution in [2.45, 2.75) is 64.0 Å². The molecule has 1 aliphatic carbocycles. The van der Waals surface area contributed by atoms with Gasteiger partial charge in [-0.3, -0.25) is 4.68 Å². The molecular weight excluding hydrogens is 450 g/mol. The van der Waals surface area contributed by atoms with Crippen molar-refractivity contribution in [1.29, 1.82) is 0 Å². The van der Waals surface area contributed by atoms with Crippen molar-refractivity contribution in [3.8, 4) is 11.3 Å². The molecule has 4 heterocycles. The van der Waals surface area contributed by atoms with Gasteiger partial charge in [0.1, 0.15) is 28.7 Å². The van der Waals surface area contributed by atoms with Crippen LogP contribution in [0.3, 0.4) is 0 Å². The van der Waals surface area contributed by atoms with Crippen molar-refractivity contribution >= 4 is 11.2 Å². The van der Waals surface area contributed by atoms with Crippen molar-refractivity contribution in [2.24, 2.45) is 0 Å². The van der Waals surface area contributed by atoms with E-state index in [1.54, 1.807) is 0 Å². The smallest absolute Gasteiger partial charge is 0.182 e. The second kappa shape index (κ2) is 8.71. The first-order chi connectivity index (χ1) is 17.0. The van der Waals surface area contributed by atoms with E-state index in [9.17, 15) is 8.78 Å². The number of halogens is 2. The Labute approximate surface area is 201 Å². The molecule has 9 heteroatoms. The minimum absolute atomic E-state index is 0.0122. The average Bonchev–Trinajstić information content (AvgIpc) is 3.62. The van der Waals surface area contributed by atoms with E-state index in [2.05, 4.69) is 21.3 Å². The van der Waals surface area contributed by atoms with E-state index in [0.29, 0.717) is 47.4 Å². The number of hydrogen-bond acceptors (Lipinski definition) is 6. The zero-order valence-corrected chi connectivity index (χ0v) is 19.7. The third kappa shape index (κ3) is 4.29. The lowest BCUT2D eigenvalue weighted by Gasteiger charge is -2.19. The molecular formula is C26H26F2N6O. The van der Waals surface area contributed by atoms with Crippen LogP contribution >= 0.6 is 0 Å². The molecule has 0 N–H and O–H groups in total. The van der Waals surface area contributed by atoms with Crippen LogP contribution in [0.4, 0.5) is 8.78 Å². The van der Waals surface area contributed by atoms with Crippen molar-refractivity contribution in [2.75, 3.05) is 6.61 Å². The molecule has 35 heavy (non-hydrogen) atoms. The fraction of sp³-hybridized carbons (Fsp3) is 0.423. The molecule has 2 fully saturated rings. The fourth-order valence-electron chi connectivity index (χ4n) is 4.71. The third-order valence-electron chi connectivity index (χ3n) is 6.94. The van der Waals surface area contributed by atoms with Gasteiger partial charge in [-0.05, 0) is 58.1 Å². The number of nitrogens with zero attached hydrogens (tertiary/aromatic N) is 6. The number of benzene rings is 1. The molecule has 1 aromatic carbocycles. The van der Waals surface area contributed by atoms with Crippen LogP contribution in [0.15, 0.2) is 30.6 Å². The number of aryl methyl sites for hydroxylation is 2. The molecule has 3 aromatic heterocycles. The Bertz CT molecular complexity index is 1420. The number of fused-ring (bicyclic) bond motifs is 1. The van der Waals surface area contributed by atoms with Gasteiger partial charge in [-0.2, -0.15) is 5.10 Å². The summed E-state index contributed by atoms with van der Waals surface area (Å²) in [7, 11) is 0. The molecule has 1 saturated carbocycles. The molecule has 2 atom stereocenters. The molecule has 4 aromatic rings. The van der Waals surface area contributed by atoms with Crippen LogP contribution in [0, 0.1) is 25.5 Å². The number of aromatic nitrogens is 6. The lowest BCUT2D eigenvalue weighted by atomic mass is 9.94. The van der Waals surface area contributed by atoms with Gasteiger partial charge in [-0.15, -0.1) is 0 Å². The summed E-state index contributed by atoms with van der Waals surface area (Å²) < 4.78 is 36.7. The van der Waals surface area contributed by atoms with E-state index in [-0.39, 0.29) is 17.6 Å². The van der Waals surface area contributed by atoms with Gasteiger partial charge in [0.25, 0.3) is 0 Å². The molecule has 2 unspecified atom stereocenters. The molecule has 2 aliphatic rings. The summed E-state index contributed by atoms with van der Waals surface area (Å²) in [6.45, 7) is 4.35.